The van der Waals surface area contributed by atoms with Crippen molar-refractivity contribution in [2.45, 2.75) is 19.4 Å². The number of carbonyl (C=O) groups excluding carboxylic acids is 1. The summed E-state index contributed by atoms with van der Waals surface area (Å²) in [5.41, 5.74) is 0.0643. The average Bonchev–Trinajstić information content (AvgIpc) is 2.96. The maximum absolute atomic E-state index is 12.3. The fourth-order valence-corrected chi connectivity index (χ4v) is 2.31. The Morgan fingerprint density at radius 2 is 2.19 bits per heavy atom. The Morgan fingerprint density at radius 3 is 3.00 bits per heavy atom. The molecule has 0 atom stereocenters. The van der Waals surface area contributed by atoms with Crippen LogP contribution in [-0.2, 0) is 11.3 Å². The van der Waals surface area contributed by atoms with Gasteiger partial charge in [-0.25, -0.2) is 14.5 Å². The van der Waals surface area contributed by atoms with E-state index >= 15 is 0 Å². The van der Waals surface area contributed by atoms with Crippen LogP contribution in [0.3, 0.4) is 0 Å². The number of rotatable bonds is 7. The number of fused-ring (bicyclic) bond motifs is 1. The molecule has 0 aromatic carbocycles. The normalized spacial score (nSPS) is 10.4. The van der Waals surface area contributed by atoms with Gasteiger partial charge < -0.3 is 10.1 Å². The zero-order valence-electron chi connectivity index (χ0n) is 13.8. The molecule has 3 aromatic rings. The standard InChI is InChI=1S/C17H16N6O3/c18-8-2-4-11-26-13-6-5-9-19-16(13)20-15(24)12-23-17(25)22-10-3-1-7-14(22)21-23/h1,3,5-7,9-10H,2,4,11-12H2,(H,19,20,24). The van der Waals surface area contributed by atoms with Crippen molar-refractivity contribution in [1.82, 2.24) is 19.2 Å². The molecule has 26 heavy (non-hydrogen) atoms. The number of pyridine rings is 2. The van der Waals surface area contributed by atoms with Crippen LogP contribution in [0.5, 0.6) is 5.75 Å². The van der Waals surface area contributed by atoms with Crippen molar-refractivity contribution in [3.8, 4) is 11.8 Å². The number of anilines is 1. The largest absolute Gasteiger partial charge is 0.490 e. The van der Waals surface area contributed by atoms with Crippen molar-refractivity contribution in [3.05, 3.63) is 53.2 Å². The number of nitriles is 1. The molecule has 0 saturated carbocycles. The predicted molar refractivity (Wildman–Crippen MR) is 92.7 cm³/mol. The number of carbonyl (C=O) groups is 1. The second kappa shape index (κ2) is 7.94. The van der Waals surface area contributed by atoms with Crippen LogP contribution in [0.1, 0.15) is 12.8 Å². The Labute approximate surface area is 148 Å². The van der Waals surface area contributed by atoms with Gasteiger partial charge in [0.1, 0.15) is 6.54 Å². The first kappa shape index (κ1) is 17.2. The summed E-state index contributed by atoms with van der Waals surface area (Å²) in [6.45, 7) is 0.0962. The molecule has 132 valence electrons. The van der Waals surface area contributed by atoms with Crippen LogP contribution in [0.4, 0.5) is 5.82 Å². The number of ether oxygens (including phenoxy) is 1. The summed E-state index contributed by atoms with van der Waals surface area (Å²) in [5.74, 6) is 0.212. The SMILES string of the molecule is N#CCCCOc1cccnc1NC(=O)Cn1nc2ccccn2c1=O. The molecule has 0 saturated heterocycles. The second-order valence-corrected chi connectivity index (χ2v) is 5.38. The summed E-state index contributed by atoms with van der Waals surface area (Å²) in [4.78, 5) is 28.6. The van der Waals surface area contributed by atoms with E-state index in [4.69, 9.17) is 10.00 Å². The van der Waals surface area contributed by atoms with Crippen LogP contribution in [0, 0.1) is 11.3 Å². The molecule has 9 nitrogen and oxygen atoms in total. The third kappa shape index (κ3) is 3.87. The van der Waals surface area contributed by atoms with E-state index in [1.807, 2.05) is 6.07 Å². The van der Waals surface area contributed by atoms with E-state index < -0.39 is 11.6 Å². The van der Waals surface area contributed by atoms with Gasteiger partial charge in [0.2, 0.25) is 5.91 Å². The van der Waals surface area contributed by atoms with Crippen molar-refractivity contribution in [2.24, 2.45) is 0 Å². The Hall–Kier alpha value is -3.67. The van der Waals surface area contributed by atoms with Crippen LogP contribution in [-0.4, -0.2) is 31.7 Å². The molecule has 1 N–H and O–H groups in total. The highest BCUT2D eigenvalue weighted by molar-refractivity contribution is 5.90. The molecular formula is C17H16N6O3. The Balaban J connectivity index is 1.69. The second-order valence-electron chi connectivity index (χ2n) is 5.38. The van der Waals surface area contributed by atoms with Gasteiger partial charge in [-0.3, -0.25) is 9.20 Å². The first-order valence-electron chi connectivity index (χ1n) is 7.98. The summed E-state index contributed by atoms with van der Waals surface area (Å²) in [7, 11) is 0. The number of aromatic nitrogens is 4. The molecule has 0 spiro atoms. The highest BCUT2D eigenvalue weighted by atomic mass is 16.5. The van der Waals surface area contributed by atoms with Crippen molar-refractivity contribution in [2.75, 3.05) is 11.9 Å². The van der Waals surface area contributed by atoms with Crippen molar-refractivity contribution >= 4 is 17.4 Å². The minimum atomic E-state index is -0.448. The lowest BCUT2D eigenvalue weighted by atomic mass is 10.3. The molecule has 0 aliphatic carbocycles. The minimum Gasteiger partial charge on any atom is -0.490 e. The molecule has 0 aliphatic rings. The highest BCUT2D eigenvalue weighted by Gasteiger charge is 2.13. The van der Waals surface area contributed by atoms with Crippen LogP contribution < -0.4 is 15.7 Å². The Bertz CT molecular complexity index is 1020. The van der Waals surface area contributed by atoms with Gasteiger partial charge in [-0.1, -0.05) is 6.07 Å². The number of hydrogen-bond donors (Lipinski definition) is 1. The fourth-order valence-electron chi connectivity index (χ4n) is 2.31. The summed E-state index contributed by atoms with van der Waals surface area (Å²) in [6.07, 6.45) is 4.08. The zero-order valence-corrected chi connectivity index (χ0v) is 13.8. The average molecular weight is 352 g/mol. The van der Waals surface area contributed by atoms with Crippen LogP contribution >= 0.6 is 0 Å². The maximum Gasteiger partial charge on any atom is 0.350 e. The third-order valence-electron chi connectivity index (χ3n) is 3.50. The van der Waals surface area contributed by atoms with Crippen molar-refractivity contribution in [3.63, 3.8) is 0 Å². The van der Waals surface area contributed by atoms with Crippen molar-refractivity contribution < 1.29 is 9.53 Å². The number of hydrogen-bond acceptors (Lipinski definition) is 6. The Morgan fingerprint density at radius 1 is 1.31 bits per heavy atom. The summed E-state index contributed by atoms with van der Waals surface area (Å²) in [6, 6.07) is 10.5. The minimum absolute atomic E-state index is 0.245. The molecule has 3 aromatic heterocycles. The quantitative estimate of drug-likeness (QED) is 0.639. The third-order valence-corrected chi connectivity index (χ3v) is 3.50. The number of nitrogens with zero attached hydrogens (tertiary/aromatic N) is 5. The predicted octanol–water partition coefficient (Wildman–Crippen LogP) is 1.21. The lowest BCUT2D eigenvalue weighted by Crippen LogP contribution is -2.28. The maximum atomic E-state index is 12.3. The molecule has 0 aliphatic heterocycles. The molecule has 3 rings (SSSR count). The molecule has 0 bridgehead atoms. The van der Waals surface area contributed by atoms with Gasteiger partial charge in [0, 0.05) is 18.8 Å². The summed E-state index contributed by atoms with van der Waals surface area (Å²) < 4.78 is 7.99. The summed E-state index contributed by atoms with van der Waals surface area (Å²) >= 11 is 0. The van der Waals surface area contributed by atoms with Crippen LogP contribution in [0.2, 0.25) is 0 Å². The number of amides is 1. The number of nitrogens with one attached hydrogen (secondary N) is 1. The van der Waals surface area contributed by atoms with Gasteiger partial charge in [-0.15, -0.1) is 5.10 Å². The molecule has 1 amide bonds. The molecule has 3 heterocycles. The first-order chi connectivity index (χ1) is 12.7. The molecular weight excluding hydrogens is 336 g/mol. The highest BCUT2D eigenvalue weighted by Crippen LogP contribution is 2.21. The molecule has 0 unspecified atom stereocenters. The molecule has 9 heteroatoms. The van der Waals surface area contributed by atoms with E-state index in [-0.39, 0.29) is 12.4 Å². The van der Waals surface area contributed by atoms with Gasteiger partial charge in [-0.2, -0.15) is 5.26 Å². The topological polar surface area (TPSA) is 114 Å². The Kier molecular flexibility index (Phi) is 5.24. The lowest BCUT2D eigenvalue weighted by Gasteiger charge is -2.10. The van der Waals surface area contributed by atoms with E-state index in [1.165, 1.54) is 10.6 Å². The monoisotopic (exact) mass is 352 g/mol. The van der Waals surface area contributed by atoms with E-state index in [2.05, 4.69) is 15.4 Å². The van der Waals surface area contributed by atoms with Gasteiger partial charge in [-0.05, 0) is 30.7 Å². The fraction of sp³-hybridized carbons (Fsp3) is 0.235. The summed E-state index contributed by atoms with van der Waals surface area (Å²) in [5, 5.41) is 15.3. The lowest BCUT2D eigenvalue weighted by molar-refractivity contribution is -0.117. The van der Waals surface area contributed by atoms with Gasteiger partial charge in [0.25, 0.3) is 0 Å². The van der Waals surface area contributed by atoms with Gasteiger partial charge in [0.15, 0.2) is 17.2 Å². The first-order valence-corrected chi connectivity index (χ1v) is 7.98. The molecule has 0 fully saturated rings. The number of unbranched alkanes of at least 4 members (excludes halogenated alkanes) is 1. The van der Waals surface area contributed by atoms with E-state index in [0.29, 0.717) is 30.8 Å². The van der Waals surface area contributed by atoms with Gasteiger partial charge in [0.05, 0.1) is 12.7 Å². The van der Waals surface area contributed by atoms with E-state index in [0.717, 1.165) is 4.68 Å². The van der Waals surface area contributed by atoms with E-state index in [9.17, 15) is 9.59 Å². The van der Waals surface area contributed by atoms with Crippen molar-refractivity contribution in [1.29, 1.82) is 5.26 Å². The van der Waals surface area contributed by atoms with Crippen LogP contribution in [0.25, 0.3) is 5.65 Å². The molecule has 0 radical (unpaired) electrons. The zero-order chi connectivity index (χ0) is 18.4. The van der Waals surface area contributed by atoms with Gasteiger partial charge >= 0.3 is 5.69 Å². The van der Waals surface area contributed by atoms with E-state index in [1.54, 1.807) is 36.5 Å². The smallest absolute Gasteiger partial charge is 0.350 e. The van der Waals surface area contributed by atoms with Crippen LogP contribution in [0.15, 0.2) is 47.5 Å².